The van der Waals surface area contributed by atoms with E-state index in [2.05, 4.69) is 78.0 Å². The number of aliphatic imine (C=N–C) groups is 1. The van der Waals surface area contributed by atoms with E-state index in [9.17, 15) is 9.59 Å². The van der Waals surface area contributed by atoms with E-state index in [-0.39, 0.29) is 24.7 Å². The van der Waals surface area contributed by atoms with Gasteiger partial charge in [0.25, 0.3) is 0 Å². The third-order valence-corrected chi connectivity index (χ3v) is 4.62. The van der Waals surface area contributed by atoms with E-state index in [1.54, 1.807) is 20.8 Å². The molecule has 1 atom stereocenters. The predicted molar refractivity (Wildman–Crippen MR) is 151 cm³/mol. The molecule has 0 radical (unpaired) electrons. The van der Waals surface area contributed by atoms with Gasteiger partial charge in [0, 0.05) is 19.2 Å². The summed E-state index contributed by atoms with van der Waals surface area (Å²) in [5.41, 5.74) is 5.24. The van der Waals surface area contributed by atoms with E-state index in [1.807, 2.05) is 0 Å². The van der Waals surface area contributed by atoms with Crippen LogP contribution in [-0.2, 0) is 9.53 Å². The molecule has 0 saturated heterocycles. The molecule has 0 aliphatic heterocycles. The highest BCUT2D eigenvalue weighted by atomic mass is 16.6. The van der Waals surface area contributed by atoms with Crippen molar-refractivity contribution in [2.75, 3.05) is 6.54 Å². The monoisotopic (exact) mass is 498 g/mol. The lowest BCUT2D eigenvalue weighted by molar-refractivity contribution is -0.117. The van der Waals surface area contributed by atoms with E-state index < -0.39 is 17.6 Å². The molecule has 0 aromatic carbocycles. The van der Waals surface area contributed by atoms with Gasteiger partial charge in [-0.15, -0.1) is 0 Å². The first-order chi connectivity index (χ1) is 17.2. The Hall–Kier alpha value is -3.22. The van der Waals surface area contributed by atoms with Gasteiger partial charge in [-0.1, -0.05) is 67.7 Å². The lowest BCUT2D eigenvalue weighted by Gasteiger charge is -2.20. The summed E-state index contributed by atoms with van der Waals surface area (Å²) in [5.74, 6) is -0.975. The SMILES string of the molecule is CCC=CCC=CCC=CCC=CCC=CCCCC(=O)N=C(N)C(C=N)CNC(=O)OC(C)(C)C. The van der Waals surface area contributed by atoms with Gasteiger partial charge in [-0.25, -0.2) is 9.79 Å². The molecule has 0 heterocycles. The summed E-state index contributed by atoms with van der Waals surface area (Å²) in [7, 11) is 0. The maximum absolute atomic E-state index is 12.1. The molecule has 2 amide bonds. The van der Waals surface area contributed by atoms with Crippen molar-refractivity contribution in [3.05, 3.63) is 60.8 Å². The lowest BCUT2D eigenvalue weighted by atomic mass is 10.1. The van der Waals surface area contributed by atoms with E-state index in [0.717, 1.165) is 44.7 Å². The Morgan fingerprint density at radius 1 is 0.917 bits per heavy atom. The maximum Gasteiger partial charge on any atom is 0.407 e. The quantitative estimate of drug-likeness (QED) is 0.0908. The van der Waals surface area contributed by atoms with Gasteiger partial charge in [-0.2, -0.15) is 0 Å². The zero-order chi connectivity index (χ0) is 27.1. The van der Waals surface area contributed by atoms with E-state index >= 15 is 0 Å². The Morgan fingerprint density at radius 2 is 1.42 bits per heavy atom. The summed E-state index contributed by atoms with van der Waals surface area (Å²) in [6.07, 6.45) is 28.5. The zero-order valence-corrected chi connectivity index (χ0v) is 22.5. The summed E-state index contributed by atoms with van der Waals surface area (Å²) >= 11 is 0. The van der Waals surface area contributed by atoms with Gasteiger partial charge in [-0.05, 0) is 65.7 Å². The topological polar surface area (TPSA) is 118 Å². The lowest BCUT2D eigenvalue weighted by Crippen LogP contribution is -2.39. The normalized spacial score (nSPS) is 13.9. The molecule has 200 valence electrons. The molecular formula is C29H46N4O3. The number of nitrogens with two attached hydrogens (primary N) is 1. The van der Waals surface area contributed by atoms with E-state index in [1.165, 1.54) is 0 Å². The van der Waals surface area contributed by atoms with Crippen LogP contribution in [0.25, 0.3) is 0 Å². The Kier molecular flexibility index (Phi) is 19.2. The number of carbonyl (C=O) groups is 2. The Balaban J connectivity index is 4.06. The maximum atomic E-state index is 12.1. The zero-order valence-electron chi connectivity index (χ0n) is 22.5. The molecule has 0 aromatic rings. The van der Waals surface area contributed by atoms with Crippen LogP contribution < -0.4 is 11.1 Å². The second-order valence-electron chi connectivity index (χ2n) is 9.19. The Morgan fingerprint density at radius 3 is 1.89 bits per heavy atom. The van der Waals surface area contributed by atoms with Crippen molar-refractivity contribution in [3.63, 3.8) is 0 Å². The van der Waals surface area contributed by atoms with Crippen LogP contribution in [0.15, 0.2) is 65.8 Å². The number of alkyl carbamates (subject to hydrolysis) is 1. The second kappa shape index (κ2) is 21.1. The minimum absolute atomic E-state index is 0.0148. The molecule has 0 saturated carbocycles. The van der Waals surface area contributed by atoms with Crippen LogP contribution in [0.1, 0.15) is 79.1 Å². The molecule has 0 fully saturated rings. The summed E-state index contributed by atoms with van der Waals surface area (Å²) in [6.45, 7) is 7.46. The molecular weight excluding hydrogens is 452 g/mol. The summed E-state index contributed by atoms with van der Waals surface area (Å²) in [6, 6.07) is 0. The smallest absolute Gasteiger partial charge is 0.407 e. The van der Waals surface area contributed by atoms with Crippen LogP contribution in [0.4, 0.5) is 4.79 Å². The highest BCUT2D eigenvalue weighted by molar-refractivity contribution is 6.01. The van der Waals surface area contributed by atoms with Crippen LogP contribution in [0.5, 0.6) is 0 Å². The first-order valence-electron chi connectivity index (χ1n) is 12.8. The number of nitrogens with zero attached hydrogens (tertiary/aromatic N) is 1. The van der Waals surface area contributed by atoms with Gasteiger partial charge in [0.05, 0.1) is 5.92 Å². The molecule has 0 bridgehead atoms. The highest BCUT2D eigenvalue weighted by Gasteiger charge is 2.18. The summed E-state index contributed by atoms with van der Waals surface area (Å²) in [4.78, 5) is 27.7. The average molecular weight is 499 g/mol. The van der Waals surface area contributed by atoms with Gasteiger partial charge in [-0.3, -0.25) is 4.79 Å². The van der Waals surface area contributed by atoms with Crippen LogP contribution in [0.3, 0.4) is 0 Å². The van der Waals surface area contributed by atoms with Gasteiger partial charge in [0.15, 0.2) is 0 Å². The number of hydrogen-bond acceptors (Lipinski definition) is 4. The van der Waals surface area contributed by atoms with Gasteiger partial charge < -0.3 is 21.2 Å². The van der Waals surface area contributed by atoms with Crippen molar-refractivity contribution in [2.45, 2.75) is 84.7 Å². The number of amides is 2. The first kappa shape index (κ1) is 32.8. The van der Waals surface area contributed by atoms with Gasteiger partial charge in [0.2, 0.25) is 5.91 Å². The van der Waals surface area contributed by atoms with E-state index in [4.69, 9.17) is 15.9 Å². The number of unbranched alkanes of at least 4 members (excludes halogenated alkanes) is 1. The van der Waals surface area contributed by atoms with Crippen molar-refractivity contribution in [1.29, 1.82) is 5.41 Å². The molecule has 36 heavy (non-hydrogen) atoms. The number of carbonyl (C=O) groups excluding carboxylic acids is 2. The van der Waals surface area contributed by atoms with Gasteiger partial charge >= 0.3 is 6.09 Å². The fourth-order valence-corrected chi connectivity index (χ4v) is 2.78. The molecule has 0 aliphatic rings. The standard InChI is InChI=1S/C29H46N4O3/c1-5-6-7-8-9-10-11-12-13-14-15-16-17-18-19-20-21-22-26(34)33-27(31)25(23-30)24-32-28(35)36-29(2,3)4/h6-7,9-10,12-13,15-16,18-19,23,25,30H,5,8,11,14,17,20-22,24H2,1-4H3,(H,32,35)(H2,31,33,34). The van der Waals surface area contributed by atoms with Crippen molar-refractivity contribution in [1.82, 2.24) is 5.32 Å². The number of rotatable bonds is 17. The van der Waals surface area contributed by atoms with E-state index in [0.29, 0.717) is 6.42 Å². The summed E-state index contributed by atoms with van der Waals surface area (Å²) in [5, 5.41) is 10.0. The van der Waals surface area contributed by atoms with Crippen molar-refractivity contribution >= 4 is 24.1 Å². The predicted octanol–water partition coefficient (Wildman–Crippen LogP) is 6.58. The van der Waals surface area contributed by atoms with Crippen LogP contribution >= 0.6 is 0 Å². The van der Waals surface area contributed by atoms with Crippen LogP contribution in [0, 0.1) is 11.3 Å². The molecule has 0 rings (SSSR count). The third-order valence-electron chi connectivity index (χ3n) is 4.62. The van der Waals surface area contributed by atoms with Crippen molar-refractivity contribution in [2.24, 2.45) is 16.6 Å². The number of ether oxygens (including phenoxy) is 1. The minimum Gasteiger partial charge on any atom is -0.444 e. The number of nitrogens with one attached hydrogen (secondary N) is 2. The van der Waals surface area contributed by atoms with Crippen molar-refractivity contribution < 1.29 is 14.3 Å². The number of hydrogen-bond donors (Lipinski definition) is 3. The minimum atomic E-state index is -0.660. The van der Waals surface area contributed by atoms with Crippen molar-refractivity contribution in [3.8, 4) is 0 Å². The average Bonchev–Trinajstić information content (AvgIpc) is 2.80. The molecule has 0 spiro atoms. The molecule has 7 nitrogen and oxygen atoms in total. The number of amidine groups is 1. The fraction of sp³-hybridized carbons (Fsp3) is 0.517. The number of allylic oxidation sites excluding steroid dienone is 10. The Bertz CT molecular complexity index is 815. The highest BCUT2D eigenvalue weighted by Crippen LogP contribution is 2.07. The molecule has 1 unspecified atom stereocenters. The molecule has 4 N–H and O–H groups in total. The summed E-state index contributed by atoms with van der Waals surface area (Å²) < 4.78 is 5.15. The molecule has 0 aliphatic carbocycles. The molecule has 7 heteroatoms. The van der Waals surface area contributed by atoms with Gasteiger partial charge in [0.1, 0.15) is 11.4 Å². The Labute approximate surface area is 217 Å². The second-order valence-corrected chi connectivity index (χ2v) is 9.19. The van der Waals surface area contributed by atoms with Crippen LogP contribution in [-0.4, -0.2) is 36.2 Å². The molecule has 0 aromatic heterocycles. The largest absolute Gasteiger partial charge is 0.444 e. The first-order valence-corrected chi connectivity index (χ1v) is 12.8. The fourth-order valence-electron chi connectivity index (χ4n) is 2.78. The third kappa shape index (κ3) is 21.3. The van der Waals surface area contributed by atoms with Crippen LogP contribution in [0.2, 0.25) is 0 Å².